The fourth-order valence-electron chi connectivity index (χ4n) is 2.11. The van der Waals surface area contributed by atoms with Crippen LogP contribution in [0.1, 0.15) is 44.2 Å². The predicted molar refractivity (Wildman–Crippen MR) is 84.2 cm³/mol. The zero-order valence-electron chi connectivity index (χ0n) is 12.7. The zero-order chi connectivity index (χ0) is 14.3. The van der Waals surface area contributed by atoms with Gasteiger partial charge in [0.05, 0.1) is 10.8 Å². The van der Waals surface area contributed by atoms with Crippen LogP contribution in [0.4, 0.5) is 0 Å². The Hall–Kier alpha value is -0.670. The molecule has 2 nitrogen and oxygen atoms in total. The van der Waals surface area contributed by atoms with E-state index in [1.165, 1.54) is 11.1 Å². The van der Waals surface area contributed by atoms with Gasteiger partial charge >= 0.3 is 0 Å². The lowest BCUT2D eigenvalue weighted by Crippen LogP contribution is -2.25. The number of unbranched alkanes of at least 4 members (excludes halogenated alkanes) is 1. The van der Waals surface area contributed by atoms with Crippen LogP contribution >= 0.6 is 0 Å². The van der Waals surface area contributed by atoms with Crippen molar-refractivity contribution in [1.29, 1.82) is 0 Å². The largest absolute Gasteiger partial charge is 0.315 e. The Balaban J connectivity index is 2.33. The van der Waals surface area contributed by atoms with Crippen molar-refractivity contribution in [2.24, 2.45) is 0 Å². The first kappa shape index (κ1) is 16.4. The normalized spacial score (nSPS) is 14.3. The van der Waals surface area contributed by atoms with Gasteiger partial charge in [0.25, 0.3) is 0 Å². The lowest BCUT2D eigenvalue weighted by atomic mass is 10.1. The molecule has 0 saturated carbocycles. The summed E-state index contributed by atoms with van der Waals surface area (Å²) in [5.41, 5.74) is 2.49. The second-order valence-corrected chi connectivity index (χ2v) is 6.82. The van der Waals surface area contributed by atoms with Crippen LogP contribution in [0.2, 0.25) is 0 Å². The van der Waals surface area contributed by atoms with Gasteiger partial charge in [0.1, 0.15) is 0 Å². The first-order chi connectivity index (χ1) is 9.04. The van der Waals surface area contributed by atoms with Crippen molar-refractivity contribution in [3.05, 3.63) is 29.3 Å². The van der Waals surface area contributed by atoms with E-state index in [0.717, 1.165) is 36.5 Å². The Labute approximate surface area is 120 Å². The second kappa shape index (κ2) is 8.49. The van der Waals surface area contributed by atoms with Crippen LogP contribution in [0.15, 0.2) is 23.1 Å². The Bertz CT molecular complexity index is 417. The molecular weight excluding hydrogens is 254 g/mol. The number of benzene rings is 1. The first-order valence-corrected chi connectivity index (χ1v) is 8.55. The third kappa shape index (κ3) is 5.87. The van der Waals surface area contributed by atoms with Crippen LogP contribution in [0.25, 0.3) is 0 Å². The average molecular weight is 281 g/mol. The van der Waals surface area contributed by atoms with Crippen molar-refractivity contribution < 1.29 is 4.21 Å². The van der Waals surface area contributed by atoms with E-state index in [0.29, 0.717) is 6.04 Å². The van der Waals surface area contributed by atoms with Crippen molar-refractivity contribution >= 4 is 10.8 Å². The van der Waals surface area contributed by atoms with Gasteiger partial charge < -0.3 is 5.32 Å². The molecule has 0 amide bonds. The van der Waals surface area contributed by atoms with E-state index in [4.69, 9.17) is 0 Å². The van der Waals surface area contributed by atoms with Crippen molar-refractivity contribution in [3.8, 4) is 0 Å². The maximum atomic E-state index is 12.2. The van der Waals surface area contributed by atoms with Gasteiger partial charge in [-0.2, -0.15) is 0 Å². The summed E-state index contributed by atoms with van der Waals surface area (Å²) < 4.78 is 12.2. The molecule has 0 fully saturated rings. The molecule has 2 atom stereocenters. The second-order valence-electron chi connectivity index (χ2n) is 5.25. The van der Waals surface area contributed by atoms with Gasteiger partial charge in [0.15, 0.2) is 0 Å². The third-order valence-electron chi connectivity index (χ3n) is 3.51. The molecule has 1 rings (SSSR count). The molecule has 0 aliphatic rings. The summed E-state index contributed by atoms with van der Waals surface area (Å²) in [6, 6.07) is 6.70. The van der Waals surface area contributed by atoms with E-state index in [1.807, 2.05) is 6.07 Å². The quantitative estimate of drug-likeness (QED) is 0.738. The first-order valence-electron chi connectivity index (χ1n) is 7.23. The molecule has 0 heterocycles. The molecule has 0 aromatic heterocycles. The smallest absolute Gasteiger partial charge is 0.0529 e. The summed E-state index contributed by atoms with van der Waals surface area (Å²) in [7, 11) is -0.841. The Morgan fingerprint density at radius 2 is 1.95 bits per heavy atom. The van der Waals surface area contributed by atoms with Gasteiger partial charge in [0, 0.05) is 16.7 Å². The Morgan fingerprint density at radius 1 is 1.21 bits per heavy atom. The lowest BCUT2D eigenvalue weighted by molar-refractivity contribution is 0.509. The molecular formula is C16H27NOS. The summed E-state index contributed by atoms with van der Waals surface area (Å²) >= 11 is 0. The molecule has 1 aromatic carbocycles. The highest BCUT2D eigenvalue weighted by molar-refractivity contribution is 7.85. The summed E-state index contributed by atoms with van der Waals surface area (Å²) in [6.07, 6.45) is 3.35. The number of hydrogen-bond donors (Lipinski definition) is 1. The van der Waals surface area contributed by atoms with E-state index < -0.39 is 10.8 Å². The summed E-state index contributed by atoms with van der Waals surface area (Å²) in [5, 5.41) is 3.40. The monoisotopic (exact) mass is 281 g/mol. The molecule has 0 aliphatic carbocycles. The van der Waals surface area contributed by atoms with Crippen LogP contribution in [0.3, 0.4) is 0 Å². The molecule has 0 radical (unpaired) electrons. The standard InChI is InChI=1S/C16H27NOS/c1-5-17-15(4)8-6-7-11-19(18)16-10-9-13(2)14(3)12-16/h9-10,12,15,17H,5-8,11H2,1-4H3. The van der Waals surface area contributed by atoms with Crippen LogP contribution in [0.5, 0.6) is 0 Å². The molecule has 0 bridgehead atoms. The Kier molecular flexibility index (Phi) is 7.32. The van der Waals surface area contributed by atoms with Gasteiger partial charge in [-0.15, -0.1) is 0 Å². The number of aryl methyl sites for hydroxylation is 2. The molecule has 1 aromatic rings. The third-order valence-corrected chi connectivity index (χ3v) is 4.95. The number of rotatable bonds is 8. The lowest BCUT2D eigenvalue weighted by Gasteiger charge is -2.11. The molecule has 0 saturated heterocycles. The number of hydrogen-bond acceptors (Lipinski definition) is 2. The molecule has 3 heteroatoms. The average Bonchev–Trinajstić information content (AvgIpc) is 2.38. The highest BCUT2D eigenvalue weighted by atomic mass is 32.2. The van der Waals surface area contributed by atoms with Gasteiger partial charge in [-0.3, -0.25) is 4.21 Å². The van der Waals surface area contributed by atoms with Gasteiger partial charge in [-0.05, 0) is 63.4 Å². The van der Waals surface area contributed by atoms with Crippen LogP contribution < -0.4 is 5.32 Å². The maximum absolute atomic E-state index is 12.2. The minimum Gasteiger partial charge on any atom is -0.315 e. The molecule has 0 aliphatic heterocycles. The number of nitrogens with one attached hydrogen (secondary N) is 1. The minimum absolute atomic E-state index is 0.569. The molecule has 2 unspecified atom stereocenters. The van der Waals surface area contributed by atoms with Gasteiger partial charge in [-0.25, -0.2) is 0 Å². The Morgan fingerprint density at radius 3 is 2.58 bits per heavy atom. The van der Waals surface area contributed by atoms with E-state index in [1.54, 1.807) is 0 Å². The maximum Gasteiger partial charge on any atom is 0.0529 e. The van der Waals surface area contributed by atoms with E-state index >= 15 is 0 Å². The van der Waals surface area contributed by atoms with E-state index in [9.17, 15) is 4.21 Å². The van der Waals surface area contributed by atoms with Gasteiger partial charge in [-0.1, -0.05) is 19.4 Å². The minimum atomic E-state index is -0.841. The highest BCUT2D eigenvalue weighted by Gasteiger charge is 2.06. The highest BCUT2D eigenvalue weighted by Crippen LogP contribution is 2.14. The summed E-state index contributed by atoms with van der Waals surface area (Å²) in [4.78, 5) is 0.975. The van der Waals surface area contributed by atoms with Crippen LogP contribution in [0, 0.1) is 13.8 Å². The van der Waals surface area contributed by atoms with Crippen LogP contribution in [-0.2, 0) is 10.8 Å². The van der Waals surface area contributed by atoms with Gasteiger partial charge in [0.2, 0.25) is 0 Å². The van der Waals surface area contributed by atoms with Crippen LogP contribution in [-0.4, -0.2) is 22.5 Å². The molecule has 0 spiro atoms. The fraction of sp³-hybridized carbons (Fsp3) is 0.625. The van der Waals surface area contributed by atoms with Crippen molar-refractivity contribution in [1.82, 2.24) is 5.32 Å². The SMILES string of the molecule is CCNC(C)CCCCS(=O)c1ccc(C)c(C)c1. The topological polar surface area (TPSA) is 29.1 Å². The van der Waals surface area contributed by atoms with E-state index in [2.05, 4.69) is 45.1 Å². The van der Waals surface area contributed by atoms with Crippen molar-refractivity contribution in [2.45, 2.75) is 57.9 Å². The fourth-order valence-corrected chi connectivity index (χ4v) is 3.34. The van der Waals surface area contributed by atoms with Crippen molar-refractivity contribution in [2.75, 3.05) is 12.3 Å². The molecule has 108 valence electrons. The van der Waals surface area contributed by atoms with Crippen molar-refractivity contribution in [3.63, 3.8) is 0 Å². The molecule has 1 N–H and O–H groups in total. The molecule has 19 heavy (non-hydrogen) atoms. The zero-order valence-corrected chi connectivity index (χ0v) is 13.5. The predicted octanol–water partition coefficient (Wildman–Crippen LogP) is 3.58. The van der Waals surface area contributed by atoms with E-state index in [-0.39, 0.29) is 0 Å². The summed E-state index contributed by atoms with van der Waals surface area (Å²) in [5.74, 6) is 0.779. The summed E-state index contributed by atoms with van der Waals surface area (Å²) in [6.45, 7) is 9.53.